The van der Waals surface area contributed by atoms with Gasteiger partial charge < -0.3 is 9.84 Å². The first-order chi connectivity index (χ1) is 12.3. The zero-order valence-electron chi connectivity index (χ0n) is 14.1. The van der Waals surface area contributed by atoms with Crippen molar-refractivity contribution in [2.45, 2.75) is 13.5 Å². The van der Waals surface area contributed by atoms with Gasteiger partial charge in [0, 0.05) is 17.1 Å². The largest absolute Gasteiger partial charge is 0.494 e. The van der Waals surface area contributed by atoms with E-state index in [0.29, 0.717) is 12.2 Å². The normalized spacial score (nSPS) is 11.4. The van der Waals surface area contributed by atoms with Gasteiger partial charge in [0.15, 0.2) is 4.77 Å². The zero-order chi connectivity index (χ0) is 19.3. The van der Waals surface area contributed by atoms with Crippen molar-refractivity contribution in [3.8, 4) is 5.88 Å². The second-order valence-electron chi connectivity index (χ2n) is 5.25. The molecule has 0 unspecified atom stereocenters. The molecule has 2 aromatic rings. The monoisotopic (exact) mass is 440 g/mol. The van der Waals surface area contributed by atoms with Crippen LogP contribution in [-0.4, -0.2) is 40.0 Å². The number of rotatable bonds is 6. The highest BCUT2D eigenvalue weighted by Gasteiger charge is 2.16. The van der Waals surface area contributed by atoms with E-state index >= 15 is 0 Å². The molecule has 0 aliphatic carbocycles. The lowest BCUT2D eigenvalue weighted by molar-refractivity contribution is 0.0955. The number of hydrazone groups is 1. The van der Waals surface area contributed by atoms with E-state index in [-0.39, 0.29) is 28.5 Å². The fraction of sp³-hybridized carbons (Fsp3) is 0.250. The first-order valence-electron chi connectivity index (χ1n) is 7.50. The summed E-state index contributed by atoms with van der Waals surface area (Å²) in [5.41, 5.74) is 2.22. The zero-order valence-corrected chi connectivity index (χ0v) is 16.5. The maximum Gasteiger partial charge on any atom is 0.271 e. The summed E-state index contributed by atoms with van der Waals surface area (Å²) in [5.74, 6) is -0.783. The van der Waals surface area contributed by atoms with E-state index in [1.165, 1.54) is 18.6 Å². The molecule has 0 saturated heterocycles. The van der Waals surface area contributed by atoms with Gasteiger partial charge >= 0.3 is 0 Å². The van der Waals surface area contributed by atoms with E-state index in [9.17, 15) is 14.7 Å². The number of carbonyl (C=O) groups is 1. The van der Waals surface area contributed by atoms with E-state index in [0.717, 1.165) is 4.47 Å². The van der Waals surface area contributed by atoms with Crippen LogP contribution in [0.15, 0.2) is 38.6 Å². The van der Waals surface area contributed by atoms with Gasteiger partial charge in [-0.3, -0.25) is 19.1 Å². The van der Waals surface area contributed by atoms with Gasteiger partial charge in [-0.25, -0.2) is 5.43 Å². The predicted molar refractivity (Wildman–Crippen MR) is 103 cm³/mol. The summed E-state index contributed by atoms with van der Waals surface area (Å²) in [6.07, 6.45) is 0. The van der Waals surface area contributed by atoms with Gasteiger partial charge in [0.2, 0.25) is 5.88 Å². The summed E-state index contributed by atoms with van der Waals surface area (Å²) in [4.78, 5) is 26.7. The molecule has 3 N–H and O–H groups in total. The molecule has 1 aromatic heterocycles. The van der Waals surface area contributed by atoms with Crippen molar-refractivity contribution >= 4 is 39.8 Å². The quantitative estimate of drug-likeness (QED) is 0.362. The Morgan fingerprint density at radius 1 is 1.42 bits per heavy atom. The third-order valence-corrected chi connectivity index (χ3v) is 4.34. The van der Waals surface area contributed by atoms with Crippen molar-refractivity contribution in [3.63, 3.8) is 0 Å². The fourth-order valence-electron chi connectivity index (χ4n) is 2.13. The molecule has 138 valence electrons. The van der Waals surface area contributed by atoms with Gasteiger partial charge in [-0.05, 0) is 43.4 Å². The molecule has 0 bridgehead atoms. The predicted octanol–water partition coefficient (Wildman–Crippen LogP) is 2.17. The molecule has 1 heterocycles. The average Bonchev–Trinajstić information content (AvgIpc) is 2.59. The summed E-state index contributed by atoms with van der Waals surface area (Å²) in [7, 11) is 1.51. The number of benzene rings is 1. The Kier molecular flexibility index (Phi) is 6.83. The van der Waals surface area contributed by atoms with Crippen LogP contribution in [0.1, 0.15) is 22.8 Å². The van der Waals surface area contributed by atoms with Crippen LogP contribution in [0.2, 0.25) is 0 Å². The number of aromatic hydroxyl groups is 1. The highest BCUT2D eigenvalue weighted by atomic mass is 79.9. The summed E-state index contributed by atoms with van der Waals surface area (Å²) < 4.78 is 7.20. The molecule has 2 rings (SSSR count). The van der Waals surface area contributed by atoms with Crippen molar-refractivity contribution in [2.24, 2.45) is 5.10 Å². The Hall–Kier alpha value is -2.30. The van der Waals surface area contributed by atoms with Crippen LogP contribution >= 0.6 is 28.1 Å². The molecule has 8 nitrogen and oxygen atoms in total. The minimum absolute atomic E-state index is 0.0694. The lowest BCUT2D eigenvalue weighted by Gasteiger charge is -2.12. The van der Waals surface area contributed by atoms with Gasteiger partial charge in [-0.1, -0.05) is 15.9 Å². The topological polar surface area (TPSA) is 109 Å². The Balaban J connectivity index is 2.30. The molecule has 10 heteroatoms. The lowest BCUT2D eigenvalue weighted by Crippen LogP contribution is -2.25. The van der Waals surface area contributed by atoms with Crippen LogP contribution in [0.3, 0.4) is 0 Å². The number of methoxy groups -OCH3 is 1. The highest BCUT2D eigenvalue weighted by molar-refractivity contribution is 9.10. The molecule has 0 fully saturated rings. The van der Waals surface area contributed by atoms with Crippen LogP contribution in [0.5, 0.6) is 5.88 Å². The fourth-order valence-corrected chi connectivity index (χ4v) is 2.67. The highest BCUT2D eigenvalue weighted by Crippen LogP contribution is 2.14. The van der Waals surface area contributed by atoms with Crippen molar-refractivity contribution < 1.29 is 14.6 Å². The number of ether oxygens (including phenoxy) is 1. The SMILES string of the molecule is COCCn1c(O)c(/C(C)=N\NC(=O)c2ccc(Br)cc2)c(=O)[nH]c1=S. The third kappa shape index (κ3) is 4.65. The molecular weight excluding hydrogens is 424 g/mol. The first-order valence-corrected chi connectivity index (χ1v) is 8.71. The molecule has 26 heavy (non-hydrogen) atoms. The van der Waals surface area contributed by atoms with Gasteiger partial charge in [-0.2, -0.15) is 5.10 Å². The number of nitrogens with one attached hydrogen (secondary N) is 2. The minimum atomic E-state index is -0.597. The second-order valence-corrected chi connectivity index (χ2v) is 6.55. The number of nitrogens with zero attached hydrogens (tertiary/aromatic N) is 2. The van der Waals surface area contributed by atoms with Crippen molar-refractivity contribution in [1.29, 1.82) is 0 Å². The van der Waals surface area contributed by atoms with E-state index < -0.39 is 11.5 Å². The first kappa shape index (κ1) is 20.0. The van der Waals surface area contributed by atoms with Gasteiger partial charge in [0.25, 0.3) is 11.5 Å². The van der Waals surface area contributed by atoms with E-state index in [4.69, 9.17) is 17.0 Å². The maximum atomic E-state index is 12.2. The van der Waals surface area contributed by atoms with Crippen molar-refractivity contribution in [1.82, 2.24) is 15.0 Å². The number of carbonyl (C=O) groups excluding carboxylic acids is 1. The summed E-state index contributed by atoms with van der Waals surface area (Å²) >= 11 is 8.33. The number of hydrogen-bond donors (Lipinski definition) is 3. The number of hydrogen-bond acceptors (Lipinski definition) is 6. The summed E-state index contributed by atoms with van der Waals surface area (Å²) in [5, 5.41) is 14.3. The van der Waals surface area contributed by atoms with Gasteiger partial charge in [0.1, 0.15) is 5.56 Å². The molecule has 0 aliphatic heterocycles. The van der Waals surface area contributed by atoms with E-state index in [1.54, 1.807) is 24.3 Å². The number of aromatic nitrogens is 2. The third-order valence-electron chi connectivity index (χ3n) is 3.48. The lowest BCUT2D eigenvalue weighted by atomic mass is 10.2. The Bertz CT molecular complexity index is 950. The standard InChI is InChI=1S/C16H17BrN4O4S/c1-9(19-20-13(22)10-3-5-11(17)6-4-10)12-14(23)18-16(26)21(15(12)24)7-8-25-2/h3-6,24H,7-8H2,1-2H3,(H,20,22)(H,18,23,26)/b19-9-. The van der Waals surface area contributed by atoms with E-state index in [1.807, 2.05) is 0 Å². The summed E-state index contributed by atoms with van der Waals surface area (Å²) in [6, 6.07) is 6.70. The molecule has 0 atom stereocenters. The molecular formula is C16H17BrN4O4S. The molecule has 1 amide bonds. The second kappa shape index (κ2) is 8.88. The van der Waals surface area contributed by atoms with Gasteiger partial charge in [-0.15, -0.1) is 0 Å². The molecule has 1 aromatic carbocycles. The number of aromatic amines is 1. The Morgan fingerprint density at radius 3 is 2.69 bits per heavy atom. The van der Waals surface area contributed by atoms with Crippen LogP contribution in [0.4, 0.5) is 0 Å². The maximum absolute atomic E-state index is 12.2. The minimum Gasteiger partial charge on any atom is -0.494 e. The number of H-pyrrole nitrogens is 1. The molecule has 0 radical (unpaired) electrons. The molecule has 0 aliphatic rings. The Morgan fingerprint density at radius 2 is 2.08 bits per heavy atom. The molecule has 0 saturated carbocycles. The smallest absolute Gasteiger partial charge is 0.271 e. The van der Waals surface area contributed by atoms with Crippen molar-refractivity contribution in [3.05, 3.63) is 55.0 Å². The van der Waals surface area contributed by atoms with E-state index in [2.05, 4.69) is 31.4 Å². The van der Waals surface area contributed by atoms with Crippen LogP contribution in [0, 0.1) is 4.77 Å². The number of halogens is 1. The van der Waals surface area contributed by atoms with Crippen LogP contribution in [0.25, 0.3) is 0 Å². The Labute approximate surface area is 162 Å². The van der Waals surface area contributed by atoms with Crippen LogP contribution < -0.4 is 11.0 Å². The van der Waals surface area contributed by atoms with Gasteiger partial charge in [0.05, 0.1) is 18.9 Å². The van der Waals surface area contributed by atoms with Crippen molar-refractivity contribution in [2.75, 3.05) is 13.7 Å². The van der Waals surface area contributed by atoms with Crippen LogP contribution in [-0.2, 0) is 11.3 Å². The average molecular weight is 441 g/mol. The number of amides is 1. The molecule has 0 spiro atoms. The summed E-state index contributed by atoms with van der Waals surface area (Å²) in [6.45, 7) is 2.04.